The summed E-state index contributed by atoms with van der Waals surface area (Å²) in [5, 5.41) is 3.34. The molecule has 78 valence electrons. The maximum atomic E-state index is 4.18. The van der Waals surface area contributed by atoms with Gasteiger partial charge in [-0.05, 0) is 34.4 Å². The van der Waals surface area contributed by atoms with Crippen molar-refractivity contribution in [3.8, 4) is 0 Å². The summed E-state index contributed by atoms with van der Waals surface area (Å²) in [4.78, 5) is 8.13. The summed E-state index contributed by atoms with van der Waals surface area (Å²) < 4.78 is 1.07. The van der Waals surface area contributed by atoms with E-state index in [1.807, 2.05) is 6.20 Å². The molecule has 0 radical (unpaired) electrons. The zero-order chi connectivity index (χ0) is 10.6. The van der Waals surface area contributed by atoms with E-state index in [4.69, 9.17) is 0 Å². The lowest BCUT2D eigenvalue weighted by Crippen LogP contribution is -2.17. The van der Waals surface area contributed by atoms with Crippen molar-refractivity contribution >= 4 is 28.4 Å². The smallest absolute Gasteiger partial charge is 0.142 e. The van der Waals surface area contributed by atoms with Gasteiger partial charge in [0, 0.05) is 12.7 Å². The van der Waals surface area contributed by atoms with E-state index in [-0.39, 0.29) is 0 Å². The summed E-state index contributed by atoms with van der Waals surface area (Å²) in [5.74, 6) is 2.29. The van der Waals surface area contributed by atoms with Crippen molar-refractivity contribution in [3.05, 3.63) is 16.1 Å². The van der Waals surface area contributed by atoms with E-state index in [0.717, 1.165) is 15.9 Å². The highest BCUT2D eigenvalue weighted by Gasteiger charge is 2.07. The number of rotatable bonds is 4. The molecular formula is C10H16IN3. The van der Waals surface area contributed by atoms with Gasteiger partial charge in [0.15, 0.2) is 0 Å². The molecule has 1 N–H and O–H groups in total. The van der Waals surface area contributed by atoms with Gasteiger partial charge in [0.2, 0.25) is 0 Å². The van der Waals surface area contributed by atoms with Crippen molar-refractivity contribution in [2.24, 2.45) is 11.8 Å². The van der Waals surface area contributed by atoms with Crippen molar-refractivity contribution in [3.63, 3.8) is 0 Å². The van der Waals surface area contributed by atoms with Crippen molar-refractivity contribution < 1.29 is 0 Å². The van der Waals surface area contributed by atoms with E-state index in [1.54, 1.807) is 6.33 Å². The largest absolute Gasteiger partial charge is 0.369 e. The van der Waals surface area contributed by atoms with E-state index in [2.05, 4.69) is 58.6 Å². The zero-order valence-corrected chi connectivity index (χ0v) is 10.9. The van der Waals surface area contributed by atoms with Gasteiger partial charge in [-0.3, -0.25) is 0 Å². The van der Waals surface area contributed by atoms with E-state index in [9.17, 15) is 0 Å². The predicted molar refractivity (Wildman–Crippen MR) is 67.2 cm³/mol. The molecule has 1 rings (SSSR count). The van der Waals surface area contributed by atoms with Crippen LogP contribution in [0.2, 0.25) is 0 Å². The van der Waals surface area contributed by atoms with Crippen LogP contribution in [0.4, 0.5) is 5.82 Å². The Kier molecular flexibility index (Phi) is 4.57. The highest BCUT2D eigenvalue weighted by molar-refractivity contribution is 14.1. The third kappa shape index (κ3) is 3.40. The maximum absolute atomic E-state index is 4.18. The molecule has 1 atom stereocenters. The molecule has 1 aromatic heterocycles. The SMILES string of the molecule is CC(C)C(C)CNc1ncncc1I. The molecule has 0 aromatic carbocycles. The third-order valence-electron chi connectivity index (χ3n) is 2.40. The Morgan fingerprint density at radius 3 is 2.71 bits per heavy atom. The number of hydrogen-bond acceptors (Lipinski definition) is 3. The molecule has 14 heavy (non-hydrogen) atoms. The quantitative estimate of drug-likeness (QED) is 0.869. The topological polar surface area (TPSA) is 37.8 Å². The van der Waals surface area contributed by atoms with Gasteiger partial charge in [-0.1, -0.05) is 20.8 Å². The minimum Gasteiger partial charge on any atom is -0.369 e. The molecule has 0 aliphatic carbocycles. The van der Waals surface area contributed by atoms with Gasteiger partial charge in [0.25, 0.3) is 0 Å². The highest BCUT2D eigenvalue weighted by Crippen LogP contribution is 2.15. The number of nitrogens with zero attached hydrogens (tertiary/aromatic N) is 2. The van der Waals surface area contributed by atoms with Gasteiger partial charge >= 0.3 is 0 Å². The second-order valence-corrected chi connectivity index (χ2v) is 4.98. The molecule has 1 heterocycles. The maximum Gasteiger partial charge on any atom is 0.142 e. The number of aromatic nitrogens is 2. The Labute approximate surface area is 98.9 Å². The van der Waals surface area contributed by atoms with Gasteiger partial charge in [-0.25, -0.2) is 9.97 Å². The van der Waals surface area contributed by atoms with Crippen LogP contribution in [0.15, 0.2) is 12.5 Å². The standard InChI is InChI=1S/C10H16IN3/c1-7(2)8(3)4-13-10-9(11)5-12-6-14-10/h5-8H,4H2,1-3H3,(H,12,13,14). The Morgan fingerprint density at radius 1 is 1.43 bits per heavy atom. The summed E-state index contributed by atoms with van der Waals surface area (Å²) in [6, 6.07) is 0. The molecule has 0 aliphatic heterocycles. The lowest BCUT2D eigenvalue weighted by molar-refractivity contribution is 0.439. The van der Waals surface area contributed by atoms with Crippen molar-refractivity contribution in [2.45, 2.75) is 20.8 Å². The lowest BCUT2D eigenvalue weighted by Gasteiger charge is -2.16. The normalized spacial score (nSPS) is 12.9. The summed E-state index contributed by atoms with van der Waals surface area (Å²) >= 11 is 2.24. The van der Waals surface area contributed by atoms with E-state index >= 15 is 0 Å². The molecule has 4 heteroatoms. The summed E-state index contributed by atoms with van der Waals surface area (Å²) in [6.45, 7) is 7.67. The summed E-state index contributed by atoms with van der Waals surface area (Å²) in [6.07, 6.45) is 3.39. The second kappa shape index (κ2) is 5.48. The fourth-order valence-corrected chi connectivity index (χ4v) is 1.43. The Bertz CT molecular complexity index is 288. The molecule has 0 bridgehead atoms. The van der Waals surface area contributed by atoms with Crippen LogP contribution < -0.4 is 5.32 Å². The first-order valence-electron chi connectivity index (χ1n) is 4.80. The first-order valence-corrected chi connectivity index (χ1v) is 5.88. The van der Waals surface area contributed by atoms with E-state index in [1.165, 1.54) is 0 Å². The molecule has 0 saturated carbocycles. The van der Waals surface area contributed by atoms with Crippen LogP contribution in [0.25, 0.3) is 0 Å². The van der Waals surface area contributed by atoms with Crippen LogP contribution in [0.5, 0.6) is 0 Å². The molecule has 1 unspecified atom stereocenters. The number of nitrogens with one attached hydrogen (secondary N) is 1. The molecule has 0 amide bonds. The average Bonchev–Trinajstić information content (AvgIpc) is 2.16. The number of anilines is 1. The Hall–Kier alpha value is -0.390. The fraction of sp³-hybridized carbons (Fsp3) is 0.600. The molecule has 0 saturated heterocycles. The van der Waals surface area contributed by atoms with Gasteiger partial charge in [0.05, 0.1) is 3.57 Å². The number of hydrogen-bond donors (Lipinski definition) is 1. The van der Waals surface area contributed by atoms with Crippen molar-refractivity contribution in [1.29, 1.82) is 0 Å². The molecular weight excluding hydrogens is 289 g/mol. The van der Waals surface area contributed by atoms with Crippen LogP contribution in [-0.2, 0) is 0 Å². The minimum atomic E-state index is 0.653. The van der Waals surface area contributed by atoms with Crippen LogP contribution in [-0.4, -0.2) is 16.5 Å². The average molecular weight is 305 g/mol. The predicted octanol–water partition coefficient (Wildman–Crippen LogP) is 2.79. The third-order valence-corrected chi connectivity index (χ3v) is 3.19. The monoisotopic (exact) mass is 305 g/mol. The first-order chi connectivity index (χ1) is 6.61. The second-order valence-electron chi connectivity index (χ2n) is 3.82. The minimum absolute atomic E-state index is 0.653. The molecule has 3 nitrogen and oxygen atoms in total. The molecule has 0 fully saturated rings. The van der Waals surface area contributed by atoms with Gasteiger partial charge in [-0.2, -0.15) is 0 Å². The number of halogens is 1. The molecule has 0 aliphatic rings. The first kappa shape index (κ1) is 11.7. The van der Waals surface area contributed by atoms with Gasteiger partial charge in [-0.15, -0.1) is 0 Å². The van der Waals surface area contributed by atoms with Crippen molar-refractivity contribution in [2.75, 3.05) is 11.9 Å². The molecule has 0 spiro atoms. The van der Waals surface area contributed by atoms with E-state index in [0.29, 0.717) is 11.8 Å². The lowest BCUT2D eigenvalue weighted by atomic mass is 9.98. The van der Waals surface area contributed by atoms with Crippen LogP contribution in [0, 0.1) is 15.4 Å². The summed E-state index contributed by atoms with van der Waals surface area (Å²) in [7, 11) is 0. The highest BCUT2D eigenvalue weighted by atomic mass is 127. The Balaban J connectivity index is 2.50. The van der Waals surface area contributed by atoms with Gasteiger partial charge < -0.3 is 5.32 Å². The van der Waals surface area contributed by atoms with E-state index < -0.39 is 0 Å². The summed E-state index contributed by atoms with van der Waals surface area (Å²) in [5.41, 5.74) is 0. The van der Waals surface area contributed by atoms with Gasteiger partial charge in [0.1, 0.15) is 12.1 Å². The van der Waals surface area contributed by atoms with Crippen LogP contribution in [0.3, 0.4) is 0 Å². The van der Waals surface area contributed by atoms with Crippen LogP contribution in [0.1, 0.15) is 20.8 Å². The molecule has 1 aromatic rings. The van der Waals surface area contributed by atoms with Crippen LogP contribution >= 0.6 is 22.6 Å². The zero-order valence-electron chi connectivity index (χ0n) is 8.79. The fourth-order valence-electron chi connectivity index (χ4n) is 0.936. The van der Waals surface area contributed by atoms with Crippen molar-refractivity contribution in [1.82, 2.24) is 9.97 Å². The Morgan fingerprint density at radius 2 is 2.14 bits per heavy atom.